The van der Waals surface area contributed by atoms with Crippen molar-refractivity contribution in [2.75, 3.05) is 37.7 Å². The van der Waals surface area contributed by atoms with E-state index >= 15 is 0 Å². The molecule has 6 nitrogen and oxygen atoms in total. The number of anilines is 1. The van der Waals surface area contributed by atoms with Gasteiger partial charge in [0.2, 0.25) is 5.91 Å². The maximum absolute atomic E-state index is 14.0. The molecule has 2 amide bonds. The Bertz CT molecular complexity index is 1070. The lowest BCUT2D eigenvalue weighted by molar-refractivity contribution is -0.141. The van der Waals surface area contributed by atoms with Gasteiger partial charge in [0.05, 0.1) is 17.6 Å². The molecule has 3 fully saturated rings. The Kier molecular flexibility index (Phi) is 6.06. The molecule has 3 saturated heterocycles. The van der Waals surface area contributed by atoms with Crippen molar-refractivity contribution in [2.45, 2.75) is 50.0 Å². The van der Waals surface area contributed by atoms with Crippen LogP contribution < -0.4 is 4.90 Å². The van der Waals surface area contributed by atoms with Crippen LogP contribution in [0.5, 0.6) is 0 Å². The molecule has 0 radical (unpaired) electrons. The van der Waals surface area contributed by atoms with Gasteiger partial charge < -0.3 is 14.4 Å². The van der Waals surface area contributed by atoms with Crippen LogP contribution in [0.2, 0.25) is 0 Å². The fraction of sp³-hybridized carbons (Fsp3) is 0.481. The average molecular weight is 467 g/mol. The van der Waals surface area contributed by atoms with Crippen LogP contribution in [0, 0.1) is 12.7 Å². The molecule has 180 valence electrons. The van der Waals surface area contributed by atoms with Gasteiger partial charge in [-0.15, -0.1) is 0 Å². The number of carbonyl (C=O) groups excluding carboxylic acids is 2. The smallest absolute Gasteiger partial charge is 0.415 e. The Labute approximate surface area is 199 Å². The highest BCUT2D eigenvalue weighted by atomic mass is 19.1. The van der Waals surface area contributed by atoms with Gasteiger partial charge in [-0.3, -0.25) is 9.69 Å². The second kappa shape index (κ2) is 9.02. The first-order chi connectivity index (χ1) is 16.4. The molecular weight excluding hydrogens is 435 g/mol. The van der Waals surface area contributed by atoms with Gasteiger partial charge in [-0.1, -0.05) is 35.9 Å². The van der Waals surface area contributed by atoms with Crippen molar-refractivity contribution in [1.29, 1.82) is 0 Å². The fourth-order valence-corrected chi connectivity index (χ4v) is 5.62. The summed E-state index contributed by atoms with van der Waals surface area (Å²) in [5.41, 5.74) is 1.48. The minimum absolute atomic E-state index is 0.142. The maximum atomic E-state index is 14.0. The van der Waals surface area contributed by atoms with Crippen molar-refractivity contribution in [2.24, 2.45) is 0 Å². The molecular formula is C27H31FN2O4. The van der Waals surface area contributed by atoms with E-state index in [9.17, 15) is 14.0 Å². The lowest BCUT2D eigenvalue weighted by Gasteiger charge is -2.40. The third-order valence-corrected chi connectivity index (χ3v) is 7.64. The number of benzene rings is 2. The molecule has 3 aliphatic rings. The molecule has 5 rings (SSSR count). The Hall–Kier alpha value is -2.93. The van der Waals surface area contributed by atoms with E-state index in [2.05, 4.69) is 24.3 Å². The molecule has 0 N–H and O–H groups in total. The largest absolute Gasteiger partial charge is 0.441 e. The third kappa shape index (κ3) is 4.17. The molecule has 0 saturated carbocycles. The molecule has 3 aliphatic heterocycles. The number of carbonyl (C=O) groups is 2. The van der Waals surface area contributed by atoms with Crippen molar-refractivity contribution >= 4 is 17.7 Å². The number of likely N-dealkylation sites (tertiary alicyclic amines) is 1. The number of hydrogen-bond acceptors (Lipinski definition) is 4. The van der Waals surface area contributed by atoms with E-state index in [1.807, 2.05) is 11.8 Å². The second-order valence-corrected chi connectivity index (χ2v) is 9.82. The van der Waals surface area contributed by atoms with Gasteiger partial charge in [-0.2, -0.15) is 0 Å². The topological polar surface area (TPSA) is 59.1 Å². The Balaban J connectivity index is 1.34. The van der Waals surface area contributed by atoms with Crippen LogP contribution in [0.15, 0.2) is 48.5 Å². The van der Waals surface area contributed by atoms with E-state index in [1.54, 1.807) is 12.1 Å². The predicted octanol–water partition coefficient (Wildman–Crippen LogP) is 4.59. The SMILES string of the molecule is Cc1ccc(C2(C(=O)N3CCCC4(CC3)CN(c3cccc(F)c3)C(=O)O4)CCOCC2)cc1. The van der Waals surface area contributed by atoms with Gasteiger partial charge in [0, 0.05) is 32.7 Å². The fourth-order valence-electron chi connectivity index (χ4n) is 5.62. The molecule has 2 aromatic rings. The van der Waals surface area contributed by atoms with Crippen LogP contribution in [0.1, 0.15) is 43.2 Å². The molecule has 1 atom stereocenters. The normalized spacial score (nSPS) is 24.7. The molecule has 0 aliphatic carbocycles. The van der Waals surface area contributed by atoms with Crippen molar-refractivity contribution in [1.82, 2.24) is 4.90 Å². The molecule has 1 spiro atoms. The monoisotopic (exact) mass is 466 g/mol. The van der Waals surface area contributed by atoms with Crippen LogP contribution in [0.3, 0.4) is 0 Å². The molecule has 7 heteroatoms. The Morgan fingerprint density at radius 2 is 1.76 bits per heavy atom. The lowest BCUT2D eigenvalue weighted by Crippen LogP contribution is -2.50. The zero-order chi connectivity index (χ0) is 23.8. The second-order valence-electron chi connectivity index (χ2n) is 9.82. The van der Waals surface area contributed by atoms with Crippen molar-refractivity contribution in [3.8, 4) is 0 Å². The van der Waals surface area contributed by atoms with E-state index in [1.165, 1.54) is 22.6 Å². The number of rotatable bonds is 3. The zero-order valence-corrected chi connectivity index (χ0v) is 19.6. The first kappa shape index (κ1) is 22.8. The van der Waals surface area contributed by atoms with Crippen LogP contribution in [0.4, 0.5) is 14.9 Å². The average Bonchev–Trinajstić information content (AvgIpc) is 3.03. The van der Waals surface area contributed by atoms with Crippen LogP contribution >= 0.6 is 0 Å². The summed E-state index contributed by atoms with van der Waals surface area (Å²) in [5, 5.41) is 0. The summed E-state index contributed by atoms with van der Waals surface area (Å²) in [4.78, 5) is 30.2. The van der Waals surface area contributed by atoms with Gasteiger partial charge >= 0.3 is 6.09 Å². The van der Waals surface area contributed by atoms with Crippen LogP contribution in [0.25, 0.3) is 0 Å². The van der Waals surface area contributed by atoms with Crippen molar-refractivity contribution < 1.29 is 23.5 Å². The van der Waals surface area contributed by atoms with E-state index in [4.69, 9.17) is 9.47 Å². The van der Waals surface area contributed by atoms with Crippen LogP contribution in [-0.4, -0.2) is 55.3 Å². The summed E-state index contributed by atoms with van der Waals surface area (Å²) in [5.74, 6) is -0.246. The number of ether oxygens (including phenoxy) is 2. The summed E-state index contributed by atoms with van der Waals surface area (Å²) >= 11 is 0. The van der Waals surface area contributed by atoms with Gasteiger partial charge in [0.25, 0.3) is 0 Å². The molecule has 3 heterocycles. The highest BCUT2D eigenvalue weighted by Gasteiger charge is 2.49. The van der Waals surface area contributed by atoms with Gasteiger partial charge in [-0.25, -0.2) is 9.18 Å². The molecule has 0 aromatic heterocycles. The van der Waals surface area contributed by atoms with E-state index in [0.29, 0.717) is 64.2 Å². The highest BCUT2D eigenvalue weighted by molar-refractivity contribution is 5.90. The summed E-state index contributed by atoms with van der Waals surface area (Å²) in [6.07, 6.45) is 2.87. The maximum Gasteiger partial charge on any atom is 0.415 e. The number of aryl methyl sites for hydroxylation is 1. The standard InChI is InChI=1S/C27H31FN2O4/c1-20-6-8-21(9-7-20)27(12-16-33-17-13-27)24(31)29-14-3-10-26(11-15-29)19-30(25(32)34-26)23-5-2-4-22(28)18-23/h2,4-9,18H,3,10-17,19H2,1H3. The number of hydrogen-bond donors (Lipinski definition) is 0. The van der Waals surface area contributed by atoms with Crippen molar-refractivity contribution in [3.63, 3.8) is 0 Å². The molecule has 2 aromatic carbocycles. The number of nitrogens with zero attached hydrogens (tertiary/aromatic N) is 2. The molecule has 34 heavy (non-hydrogen) atoms. The first-order valence-electron chi connectivity index (χ1n) is 12.1. The lowest BCUT2D eigenvalue weighted by atomic mass is 9.72. The summed E-state index contributed by atoms with van der Waals surface area (Å²) in [6.45, 7) is 4.71. The minimum Gasteiger partial charge on any atom is -0.441 e. The molecule has 0 bridgehead atoms. The number of amides is 2. The quantitative estimate of drug-likeness (QED) is 0.664. The van der Waals surface area contributed by atoms with Crippen LogP contribution in [-0.2, 0) is 19.7 Å². The Morgan fingerprint density at radius 3 is 2.50 bits per heavy atom. The highest BCUT2D eigenvalue weighted by Crippen LogP contribution is 2.40. The van der Waals surface area contributed by atoms with Gasteiger partial charge in [0.15, 0.2) is 0 Å². The summed E-state index contributed by atoms with van der Waals surface area (Å²) in [7, 11) is 0. The summed E-state index contributed by atoms with van der Waals surface area (Å²) < 4.78 is 25.2. The predicted molar refractivity (Wildman–Crippen MR) is 126 cm³/mol. The minimum atomic E-state index is -0.662. The van der Waals surface area contributed by atoms with Crippen molar-refractivity contribution in [3.05, 3.63) is 65.5 Å². The van der Waals surface area contributed by atoms with E-state index in [-0.39, 0.29) is 11.7 Å². The number of halogens is 1. The van der Waals surface area contributed by atoms with Gasteiger partial charge in [-0.05, 0) is 56.4 Å². The van der Waals surface area contributed by atoms with E-state index < -0.39 is 17.1 Å². The first-order valence-corrected chi connectivity index (χ1v) is 12.1. The zero-order valence-electron chi connectivity index (χ0n) is 19.6. The molecule has 1 unspecified atom stereocenters. The Morgan fingerprint density at radius 1 is 1.00 bits per heavy atom. The van der Waals surface area contributed by atoms with Gasteiger partial charge in [0.1, 0.15) is 11.4 Å². The summed E-state index contributed by atoms with van der Waals surface area (Å²) in [6, 6.07) is 14.3. The third-order valence-electron chi connectivity index (χ3n) is 7.64. The van der Waals surface area contributed by atoms with E-state index in [0.717, 1.165) is 12.0 Å².